The van der Waals surface area contributed by atoms with Gasteiger partial charge in [0.2, 0.25) is 0 Å². The average Bonchev–Trinajstić information content (AvgIpc) is 2.84. The van der Waals surface area contributed by atoms with Crippen molar-refractivity contribution in [1.82, 2.24) is 0 Å². The lowest BCUT2D eigenvalue weighted by atomic mass is 10.0. The van der Waals surface area contributed by atoms with Gasteiger partial charge in [0, 0.05) is 36.7 Å². The molecule has 0 bridgehead atoms. The van der Waals surface area contributed by atoms with Crippen molar-refractivity contribution < 1.29 is 18.3 Å². The Kier molecular flexibility index (Phi) is 7.64. The first-order valence-electron chi connectivity index (χ1n) is 8.44. The van der Waals surface area contributed by atoms with Crippen molar-refractivity contribution in [1.29, 1.82) is 0 Å². The lowest BCUT2D eigenvalue weighted by Gasteiger charge is -2.13. The summed E-state index contributed by atoms with van der Waals surface area (Å²) < 4.78 is 38.0. The molecule has 27 heavy (non-hydrogen) atoms. The Balaban J connectivity index is 0.00000261. The van der Waals surface area contributed by atoms with Crippen LogP contribution in [0.1, 0.15) is 24.8 Å². The van der Waals surface area contributed by atoms with E-state index in [9.17, 15) is 8.78 Å². The van der Waals surface area contributed by atoms with Gasteiger partial charge in [0.1, 0.15) is 11.6 Å². The number of benzene rings is 2. The van der Waals surface area contributed by atoms with Crippen molar-refractivity contribution in [3.63, 3.8) is 0 Å². The number of nitrogens with zero attached hydrogens (tertiary/aromatic N) is 1. The van der Waals surface area contributed by atoms with E-state index in [0.717, 1.165) is 18.2 Å². The van der Waals surface area contributed by atoms with Gasteiger partial charge in [-0.05, 0) is 23.8 Å². The van der Waals surface area contributed by atoms with Gasteiger partial charge in [0.05, 0.1) is 13.2 Å². The fourth-order valence-corrected chi connectivity index (χ4v) is 2.66. The number of hydrogen-bond acceptors (Lipinski definition) is 3. The SMILES string of the molecule is CC(CN=C(N)Nc1ccc2c(c1)OCCCO2)c1ccc(F)cc1F.I. The summed E-state index contributed by atoms with van der Waals surface area (Å²) in [6.45, 7) is 3.30. The smallest absolute Gasteiger partial charge is 0.193 e. The zero-order valence-electron chi connectivity index (χ0n) is 14.9. The highest BCUT2D eigenvalue weighted by molar-refractivity contribution is 14.0. The maximum Gasteiger partial charge on any atom is 0.193 e. The molecule has 1 atom stereocenters. The van der Waals surface area contributed by atoms with E-state index in [-0.39, 0.29) is 42.4 Å². The molecule has 0 amide bonds. The van der Waals surface area contributed by atoms with Crippen LogP contribution in [0.25, 0.3) is 0 Å². The van der Waals surface area contributed by atoms with E-state index in [0.29, 0.717) is 30.3 Å². The van der Waals surface area contributed by atoms with Gasteiger partial charge < -0.3 is 20.5 Å². The minimum absolute atomic E-state index is 0. The number of nitrogens with two attached hydrogens (primary N) is 1. The summed E-state index contributed by atoms with van der Waals surface area (Å²) >= 11 is 0. The summed E-state index contributed by atoms with van der Waals surface area (Å²) in [5, 5.41) is 2.98. The number of anilines is 1. The maximum absolute atomic E-state index is 13.8. The van der Waals surface area contributed by atoms with Crippen molar-refractivity contribution in [2.24, 2.45) is 10.7 Å². The molecule has 2 aromatic carbocycles. The normalized spacial score (nSPS) is 14.7. The molecule has 1 unspecified atom stereocenters. The van der Waals surface area contributed by atoms with E-state index in [1.807, 2.05) is 12.1 Å². The summed E-state index contributed by atoms with van der Waals surface area (Å²) in [6, 6.07) is 8.96. The molecule has 0 spiro atoms. The molecule has 3 rings (SSSR count). The van der Waals surface area contributed by atoms with Gasteiger partial charge in [-0.3, -0.25) is 4.99 Å². The van der Waals surface area contributed by atoms with Gasteiger partial charge in [-0.1, -0.05) is 13.0 Å². The molecule has 8 heteroatoms. The van der Waals surface area contributed by atoms with Gasteiger partial charge in [-0.25, -0.2) is 8.78 Å². The number of nitrogens with one attached hydrogen (secondary N) is 1. The number of halogens is 3. The molecular weight excluding hydrogens is 467 g/mol. The highest BCUT2D eigenvalue weighted by atomic mass is 127. The number of aliphatic imine (C=N–C) groups is 1. The largest absolute Gasteiger partial charge is 0.490 e. The number of guanidine groups is 1. The summed E-state index contributed by atoms with van der Waals surface area (Å²) in [5.41, 5.74) is 7.03. The molecule has 1 aliphatic rings. The number of fused-ring (bicyclic) bond motifs is 1. The Labute approximate surface area is 174 Å². The molecule has 146 valence electrons. The molecule has 0 saturated heterocycles. The van der Waals surface area contributed by atoms with Crippen LogP contribution >= 0.6 is 24.0 Å². The van der Waals surface area contributed by atoms with Gasteiger partial charge in [0.15, 0.2) is 17.5 Å². The second-order valence-electron chi connectivity index (χ2n) is 6.13. The van der Waals surface area contributed by atoms with Crippen LogP contribution in [-0.2, 0) is 0 Å². The monoisotopic (exact) mass is 489 g/mol. The first-order chi connectivity index (χ1) is 12.5. The van der Waals surface area contributed by atoms with E-state index in [1.165, 1.54) is 12.1 Å². The van der Waals surface area contributed by atoms with E-state index < -0.39 is 11.6 Å². The van der Waals surface area contributed by atoms with E-state index in [4.69, 9.17) is 15.2 Å². The van der Waals surface area contributed by atoms with Crippen LogP contribution < -0.4 is 20.5 Å². The molecular formula is C19H22F2IN3O2. The highest BCUT2D eigenvalue weighted by Gasteiger charge is 2.13. The maximum atomic E-state index is 13.8. The predicted molar refractivity (Wildman–Crippen MR) is 112 cm³/mol. The van der Waals surface area contributed by atoms with Crippen LogP contribution in [0.15, 0.2) is 41.4 Å². The molecule has 0 saturated carbocycles. The Morgan fingerprint density at radius 1 is 1.15 bits per heavy atom. The third-order valence-electron chi connectivity index (χ3n) is 4.05. The van der Waals surface area contributed by atoms with Crippen LogP contribution in [-0.4, -0.2) is 25.7 Å². The molecule has 3 N–H and O–H groups in total. The topological polar surface area (TPSA) is 68.9 Å². The molecule has 0 fully saturated rings. The van der Waals surface area contributed by atoms with Crippen molar-refractivity contribution >= 4 is 35.6 Å². The number of rotatable bonds is 4. The van der Waals surface area contributed by atoms with Crippen molar-refractivity contribution in [2.75, 3.05) is 25.1 Å². The van der Waals surface area contributed by atoms with Gasteiger partial charge in [0.25, 0.3) is 0 Å². The standard InChI is InChI=1S/C19H21F2N3O2.HI/c1-12(15-5-3-13(20)9-16(15)21)11-23-19(22)24-14-4-6-17-18(10-14)26-8-2-7-25-17;/h3-6,9-10,12H,2,7-8,11H2,1H3,(H3,22,23,24);1H. The van der Waals surface area contributed by atoms with Crippen molar-refractivity contribution in [2.45, 2.75) is 19.3 Å². The average molecular weight is 489 g/mol. The summed E-state index contributed by atoms with van der Waals surface area (Å²) in [4.78, 5) is 4.24. The zero-order chi connectivity index (χ0) is 18.5. The lowest BCUT2D eigenvalue weighted by Crippen LogP contribution is -2.23. The van der Waals surface area contributed by atoms with Gasteiger partial charge in [-0.2, -0.15) is 0 Å². The van der Waals surface area contributed by atoms with Crippen LogP contribution in [0.2, 0.25) is 0 Å². The summed E-state index contributed by atoms with van der Waals surface area (Å²) in [5.74, 6) is 0.138. The third-order valence-corrected chi connectivity index (χ3v) is 4.05. The molecule has 0 aromatic heterocycles. The minimum Gasteiger partial charge on any atom is -0.490 e. The molecule has 1 heterocycles. The van der Waals surface area contributed by atoms with Crippen LogP contribution in [0.5, 0.6) is 11.5 Å². The summed E-state index contributed by atoms with van der Waals surface area (Å²) in [7, 11) is 0. The fourth-order valence-electron chi connectivity index (χ4n) is 2.66. The van der Waals surface area contributed by atoms with Crippen molar-refractivity contribution in [3.05, 3.63) is 53.6 Å². The molecule has 0 aliphatic carbocycles. The fraction of sp³-hybridized carbons (Fsp3) is 0.316. The van der Waals surface area contributed by atoms with Crippen molar-refractivity contribution in [3.8, 4) is 11.5 Å². The minimum atomic E-state index is -0.600. The second-order valence-corrected chi connectivity index (χ2v) is 6.13. The summed E-state index contributed by atoms with van der Waals surface area (Å²) in [6.07, 6.45) is 0.832. The Morgan fingerprint density at radius 2 is 1.89 bits per heavy atom. The zero-order valence-corrected chi connectivity index (χ0v) is 17.2. The Morgan fingerprint density at radius 3 is 2.63 bits per heavy atom. The Hall–Kier alpha value is -2.10. The lowest BCUT2D eigenvalue weighted by molar-refractivity contribution is 0.297. The molecule has 0 radical (unpaired) electrons. The number of hydrogen-bond donors (Lipinski definition) is 2. The Bertz CT molecular complexity index is 818. The van der Waals surface area contributed by atoms with Gasteiger partial charge in [-0.15, -0.1) is 24.0 Å². The first-order valence-corrected chi connectivity index (χ1v) is 8.44. The van der Waals surface area contributed by atoms with Crippen LogP contribution in [0, 0.1) is 11.6 Å². The quantitative estimate of drug-likeness (QED) is 0.383. The second kappa shape index (κ2) is 9.72. The van der Waals surface area contributed by atoms with E-state index >= 15 is 0 Å². The highest BCUT2D eigenvalue weighted by Crippen LogP contribution is 2.32. The van der Waals surface area contributed by atoms with Gasteiger partial charge >= 0.3 is 0 Å². The van der Waals surface area contributed by atoms with Crippen LogP contribution in [0.3, 0.4) is 0 Å². The predicted octanol–water partition coefficient (Wildman–Crippen LogP) is 4.27. The molecule has 5 nitrogen and oxygen atoms in total. The third kappa shape index (κ3) is 5.69. The molecule has 1 aliphatic heterocycles. The van der Waals surface area contributed by atoms with E-state index in [1.54, 1.807) is 13.0 Å². The number of ether oxygens (including phenoxy) is 2. The first kappa shape index (κ1) is 21.2. The van der Waals surface area contributed by atoms with Crippen LogP contribution in [0.4, 0.5) is 14.5 Å². The van der Waals surface area contributed by atoms with E-state index in [2.05, 4.69) is 10.3 Å². The molecule has 2 aromatic rings.